The van der Waals surface area contributed by atoms with Gasteiger partial charge in [-0.1, -0.05) is 42.6 Å². The third kappa shape index (κ3) is 1.66. The average molecular weight is 229 g/mol. The molecule has 1 aromatic rings. The van der Waals surface area contributed by atoms with Crippen molar-refractivity contribution in [2.24, 2.45) is 0 Å². The van der Waals surface area contributed by atoms with Crippen LogP contribution in [0.3, 0.4) is 0 Å². The Morgan fingerprint density at radius 3 is 2.36 bits per heavy atom. The number of benzene rings is 1. The fourth-order valence-electron chi connectivity index (χ4n) is 2.42. The van der Waals surface area contributed by atoms with Gasteiger partial charge in [-0.3, -0.25) is 0 Å². The maximum Gasteiger partial charge on any atom is 0.0444 e. The van der Waals surface area contributed by atoms with E-state index in [1.165, 1.54) is 31.2 Å². The first kappa shape index (κ1) is 10.3. The van der Waals surface area contributed by atoms with Gasteiger partial charge < -0.3 is 0 Å². The van der Waals surface area contributed by atoms with Crippen molar-refractivity contribution in [3.8, 4) is 0 Å². The standard InChI is InChI=1S/C12H14Cl2/c13-9-12(7-3-4-8-12)10-5-1-2-6-11(10)14/h1-2,5-6H,3-4,7-9H2. The Kier molecular flexibility index (Phi) is 3.04. The summed E-state index contributed by atoms with van der Waals surface area (Å²) in [4.78, 5) is 0. The summed E-state index contributed by atoms with van der Waals surface area (Å²) in [6, 6.07) is 8.11. The van der Waals surface area contributed by atoms with Crippen LogP contribution in [0.5, 0.6) is 0 Å². The van der Waals surface area contributed by atoms with Gasteiger partial charge in [0.25, 0.3) is 0 Å². The second-order valence-electron chi connectivity index (χ2n) is 4.10. The molecule has 0 aliphatic heterocycles. The molecule has 2 heteroatoms. The van der Waals surface area contributed by atoms with Gasteiger partial charge in [-0.15, -0.1) is 11.6 Å². The van der Waals surface area contributed by atoms with Crippen molar-refractivity contribution in [1.29, 1.82) is 0 Å². The number of alkyl halides is 1. The van der Waals surface area contributed by atoms with Crippen LogP contribution in [-0.4, -0.2) is 5.88 Å². The molecule has 0 bridgehead atoms. The molecule has 2 rings (SSSR count). The molecule has 0 spiro atoms. The molecule has 0 unspecified atom stereocenters. The van der Waals surface area contributed by atoms with Crippen LogP contribution in [-0.2, 0) is 5.41 Å². The predicted octanol–water partition coefficient (Wildman–Crippen LogP) is 4.39. The highest BCUT2D eigenvalue weighted by molar-refractivity contribution is 6.31. The van der Waals surface area contributed by atoms with E-state index in [2.05, 4.69) is 6.07 Å². The monoisotopic (exact) mass is 228 g/mol. The first-order valence-corrected chi connectivity index (χ1v) is 6.01. The van der Waals surface area contributed by atoms with Crippen LogP contribution in [0.25, 0.3) is 0 Å². The minimum atomic E-state index is 0.153. The van der Waals surface area contributed by atoms with E-state index in [0.29, 0.717) is 5.88 Å². The lowest BCUT2D eigenvalue weighted by atomic mass is 9.81. The molecule has 0 aromatic heterocycles. The molecule has 0 atom stereocenters. The minimum absolute atomic E-state index is 0.153. The topological polar surface area (TPSA) is 0 Å². The van der Waals surface area contributed by atoms with Crippen molar-refractivity contribution in [3.05, 3.63) is 34.9 Å². The maximum absolute atomic E-state index is 6.21. The van der Waals surface area contributed by atoms with E-state index >= 15 is 0 Å². The number of hydrogen-bond donors (Lipinski definition) is 0. The maximum atomic E-state index is 6.21. The van der Waals surface area contributed by atoms with Gasteiger partial charge in [-0.25, -0.2) is 0 Å². The van der Waals surface area contributed by atoms with Crippen molar-refractivity contribution < 1.29 is 0 Å². The number of rotatable bonds is 2. The Morgan fingerprint density at radius 2 is 1.79 bits per heavy atom. The molecule has 0 heterocycles. The molecular weight excluding hydrogens is 215 g/mol. The Bertz CT molecular complexity index is 314. The van der Waals surface area contributed by atoms with Gasteiger partial charge in [0.05, 0.1) is 0 Å². The lowest BCUT2D eigenvalue weighted by Crippen LogP contribution is -2.24. The molecule has 76 valence electrons. The molecular formula is C12H14Cl2. The van der Waals surface area contributed by atoms with Crippen molar-refractivity contribution in [1.82, 2.24) is 0 Å². The van der Waals surface area contributed by atoms with Gasteiger partial charge in [-0.05, 0) is 24.5 Å². The summed E-state index contributed by atoms with van der Waals surface area (Å²) in [6.45, 7) is 0. The molecule has 0 nitrogen and oxygen atoms in total. The zero-order valence-corrected chi connectivity index (χ0v) is 9.61. The molecule has 0 amide bonds. The first-order valence-electron chi connectivity index (χ1n) is 5.09. The summed E-state index contributed by atoms with van der Waals surface area (Å²) < 4.78 is 0. The van der Waals surface area contributed by atoms with Gasteiger partial charge in [0.2, 0.25) is 0 Å². The summed E-state index contributed by atoms with van der Waals surface area (Å²) in [5.74, 6) is 0.691. The van der Waals surface area contributed by atoms with Crippen LogP contribution in [0, 0.1) is 0 Å². The van der Waals surface area contributed by atoms with E-state index in [0.717, 1.165) is 5.02 Å². The zero-order chi connectivity index (χ0) is 10.0. The third-order valence-electron chi connectivity index (χ3n) is 3.26. The van der Waals surface area contributed by atoms with Crippen molar-refractivity contribution >= 4 is 23.2 Å². The summed E-state index contributed by atoms with van der Waals surface area (Å²) in [5.41, 5.74) is 1.40. The van der Waals surface area contributed by atoms with E-state index in [1.807, 2.05) is 18.2 Å². The van der Waals surface area contributed by atoms with Crippen LogP contribution in [0.2, 0.25) is 5.02 Å². The van der Waals surface area contributed by atoms with E-state index in [9.17, 15) is 0 Å². The minimum Gasteiger partial charge on any atom is -0.126 e. The van der Waals surface area contributed by atoms with Crippen LogP contribution >= 0.6 is 23.2 Å². The molecule has 1 saturated carbocycles. The zero-order valence-electron chi connectivity index (χ0n) is 8.10. The van der Waals surface area contributed by atoms with Crippen LogP contribution in [0.15, 0.2) is 24.3 Å². The van der Waals surface area contributed by atoms with Crippen molar-refractivity contribution in [3.63, 3.8) is 0 Å². The van der Waals surface area contributed by atoms with Gasteiger partial charge in [0, 0.05) is 16.3 Å². The Labute approximate surface area is 95.2 Å². The molecule has 0 N–H and O–H groups in total. The van der Waals surface area contributed by atoms with E-state index in [1.54, 1.807) is 0 Å². The highest BCUT2D eigenvalue weighted by atomic mass is 35.5. The summed E-state index contributed by atoms with van der Waals surface area (Å²) in [6.07, 6.45) is 4.91. The highest BCUT2D eigenvalue weighted by Gasteiger charge is 2.35. The molecule has 1 aliphatic carbocycles. The molecule has 0 radical (unpaired) electrons. The van der Waals surface area contributed by atoms with E-state index < -0.39 is 0 Å². The Balaban J connectivity index is 2.41. The van der Waals surface area contributed by atoms with E-state index in [-0.39, 0.29) is 5.41 Å². The summed E-state index contributed by atoms with van der Waals surface area (Å²) in [5, 5.41) is 0.870. The largest absolute Gasteiger partial charge is 0.126 e. The van der Waals surface area contributed by atoms with Gasteiger partial charge >= 0.3 is 0 Å². The van der Waals surface area contributed by atoms with Crippen LogP contribution in [0.1, 0.15) is 31.2 Å². The second-order valence-corrected chi connectivity index (χ2v) is 4.78. The smallest absolute Gasteiger partial charge is 0.0444 e. The van der Waals surface area contributed by atoms with Gasteiger partial charge in [0.1, 0.15) is 0 Å². The van der Waals surface area contributed by atoms with Crippen molar-refractivity contribution in [2.45, 2.75) is 31.1 Å². The molecule has 14 heavy (non-hydrogen) atoms. The number of hydrogen-bond acceptors (Lipinski definition) is 0. The lowest BCUT2D eigenvalue weighted by molar-refractivity contribution is 0.498. The average Bonchev–Trinajstić information content (AvgIpc) is 2.68. The van der Waals surface area contributed by atoms with Crippen molar-refractivity contribution in [2.75, 3.05) is 5.88 Å². The van der Waals surface area contributed by atoms with Gasteiger partial charge in [-0.2, -0.15) is 0 Å². The Morgan fingerprint density at radius 1 is 1.14 bits per heavy atom. The fraction of sp³-hybridized carbons (Fsp3) is 0.500. The van der Waals surface area contributed by atoms with Gasteiger partial charge in [0.15, 0.2) is 0 Å². The SMILES string of the molecule is ClCC1(c2ccccc2Cl)CCCC1. The van der Waals surface area contributed by atoms with Crippen LogP contribution < -0.4 is 0 Å². The normalized spacial score (nSPS) is 19.9. The molecule has 0 saturated heterocycles. The molecule has 1 aliphatic rings. The summed E-state index contributed by atoms with van der Waals surface area (Å²) in [7, 11) is 0. The molecule has 1 fully saturated rings. The summed E-state index contributed by atoms with van der Waals surface area (Å²) >= 11 is 12.3. The third-order valence-corrected chi connectivity index (χ3v) is 4.10. The second kappa shape index (κ2) is 4.12. The van der Waals surface area contributed by atoms with E-state index in [4.69, 9.17) is 23.2 Å². The first-order chi connectivity index (χ1) is 6.78. The Hall–Kier alpha value is -0.200. The number of halogens is 2. The quantitative estimate of drug-likeness (QED) is 0.659. The predicted molar refractivity (Wildman–Crippen MR) is 62.3 cm³/mol. The highest BCUT2D eigenvalue weighted by Crippen LogP contribution is 2.44. The molecule has 1 aromatic carbocycles. The lowest BCUT2D eigenvalue weighted by Gasteiger charge is -2.27. The van der Waals surface area contributed by atoms with Crippen LogP contribution in [0.4, 0.5) is 0 Å². The fourth-order valence-corrected chi connectivity index (χ4v) is 3.17.